The molecule has 0 radical (unpaired) electrons. The van der Waals surface area contributed by atoms with Gasteiger partial charge in [-0.3, -0.25) is 9.69 Å². The van der Waals surface area contributed by atoms with Crippen molar-refractivity contribution in [3.63, 3.8) is 0 Å². The molecular weight excluding hydrogens is 276 g/mol. The average Bonchev–Trinajstić information content (AvgIpc) is 2.44. The van der Waals surface area contributed by atoms with Crippen LogP contribution in [0, 0.1) is 0 Å². The number of aliphatic carboxylic acids is 1. The maximum Gasteiger partial charge on any atom is 0.326 e. The summed E-state index contributed by atoms with van der Waals surface area (Å²) in [6, 6.07) is -0.307. The highest BCUT2D eigenvalue weighted by atomic mass is 32.2. The standard InChI is InChI=1S/C14H26N2O3S/c1-16(11-6-4-3-5-7-11)10-13(17)15-12(14(18)19)8-9-20-2/h11-12H,3-10H2,1-2H3,(H,15,17)(H,18,19). The molecule has 1 saturated carbocycles. The van der Waals surface area contributed by atoms with Gasteiger partial charge in [0.25, 0.3) is 0 Å². The quantitative estimate of drug-likeness (QED) is 0.712. The zero-order valence-electron chi connectivity index (χ0n) is 12.4. The Balaban J connectivity index is 2.37. The monoisotopic (exact) mass is 302 g/mol. The molecule has 20 heavy (non-hydrogen) atoms. The Morgan fingerprint density at radius 2 is 2.00 bits per heavy atom. The fraction of sp³-hybridized carbons (Fsp3) is 0.857. The Labute approximate surface area is 125 Å². The molecule has 0 aliphatic heterocycles. The molecule has 5 nitrogen and oxygen atoms in total. The van der Waals surface area contributed by atoms with Crippen LogP contribution in [0.3, 0.4) is 0 Å². The fourth-order valence-electron chi connectivity index (χ4n) is 2.61. The third-order valence-corrected chi connectivity index (χ3v) is 4.48. The minimum Gasteiger partial charge on any atom is -0.480 e. The van der Waals surface area contributed by atoms with Gasteiger partial charge in [-0.1, -0.05) is 19.3 Å². The zero-order valence-corrected chi connectivity index (χ0v) is 13.2. The van der Waals surface area contributed by atoms with E-state index in [2.05, 4.69) is 10.2 Å². The van der Waals surface area contributed by atoms with Crippen molar-refractivity contribution < 1.29 is 14.7 Å². The maximum atomic E-state index is 12.0. The average molecular weight is 302 g/mol. The fourth-order valence-corrected chi connectivity index (χ4v) is 3.08. The first-order valence-corrected chi connectivity index (χ1v) is 8.65. The van der Waals surface area contributed by atoms with Gasteiger partial charge in [-0.15, -0.1) is 0 Å². The van der Waals surface area contributed by atoms with Crippen LogP contribution >= 0.6 is 11.8 Å². The van der Waals surface area contributed by atoms with E-state index in [1.807, 2.05) is 13.3 Å². The molecule has 0 saturated heterocycles. The summed E-state index contributed by atoms with van der Waals surface area (Å²) < 4.78 is 0. The summed E-state index contributed by atoms with van der Waals surface area (Å²) in [5.41, 5.74) is 0. The SMILES string of the molecule is CSCCC(NC(=O)CN(C)C1CCCCC1)C(=O)O. The van der Waals surface area contributed by atoms with Gasteiger partial charge < -0.3 is 10.4 Å². The second kappa shape index (κ2) is 9.23. The van der Waals surface area contributed by atoms with Crippen molar-refractivity contribution in [1.29, 1.82) is 0 Å². The van der Waals surface area contributed by atoms with Gasteiger partial charge in [-0.05, 0) is 38.3 Å². The van der Waals surface area contributed by atoms with Gasteiger partial charge in [0.1, 0.15) is 6.04 Å². The predicted octanol–water partition coefficient (Wildman–Crippen LogP) is 1.57. The third kappa shape index (κ3) is 6.13. The van der Waals surface area contributed by atoms with E-state index in [0.717, 1.165) is 18.6 Å². The van der Waals surface area contributed by atoms with Gasteiger partial charge in [-0.2, -0.15) is 11.8 Å². The highest BCUT2D eigenvalue weighted by Crippen LogP contribution is 2.21. The van der Waals surface area contributed by atoms with E-state index in [9.17, 15) is 9.59 Å². The number of carbonyl (C=O) groups excluding carboxylic acids is 1. The number of carboxylic acid groups (broad SMARTS) is 1. The van der Waals surface area contributed by atoms with E-state index in [-0.39, 0.29) is 12.5 Å². The second-order valence-electron chi connectivity index (χ2n) is 5.45. The summed E-state index contributed by atoms with van der Waals surface area (Å²) in [5.74, 6) is -0.408. The lowest BCUT2D eigenvalue weighted by atomic mass is 9.94. The molecule has 6 heteroatoms. The molecule has 1 aliphatic rings. The van der Waals surface area contributed by atoms with Crippen LogP contribution in [0.25, 0.3) is 0 Å². The molecule has 1 amide bonds. The topological polar surface area (TPSA) is 69.6 Å². The van der Waals surface area contributed by atoms with Crippen LogP contribution in [0.5, 0.6) is 0 Å². The van der Waals surface area contributed by atoms with Crippen molar-refractivity contribution in [3.05, 3.63) is 0 Å². The summed E-state index contributed by atoms with van der Waals surface area (Å²) in [5, 5.41) is 11.7. The van der Waals surface area contributed by atoms with Gasteiger partial charge in [-0.25, -0.2) is 4.79 Å². The molecule has 116 valence electrons. The van der Waals surface area contributed by atoms with E-state index >= 15 is 0 Å². The summed E-state index contributed by atoms with van der Waals surface area (Å²) in [6.07, 6.45) is 8.40. The van der Waals surface area contributed by atoms with Crippen molar-refractivity contribution >= 4 is 23.6 Å². The molecule has 1 fully saturated rings. The number of hydrogen-bond acceptors (Lipinski definition) is 4. The number of nitrogens with zero attached hydrogens (tertiary/aromatic N) is 1. The number of carbonyl (C=O) groups is 2. The van der Waals surface area contributed by atoms with E-state index in [1.54, 1.807) is 11.8 Å². The van der Waals surface area contributed by atoms with Crippen molar-refractivity contribution in [1.82, 2.24) is 10.2 Å². The van der Waals surface area contributed by atoms with Gasteiger partial charge in [0.2, 0.25) is 5.91 Å². The van der Waals surface area contributed by atoms with Gasteiger partial charge >= 0.3 is 5.97 Å². The van der Waals surface area contributed by atoms with Gasteiger partial charge in [0.15, 0.2) is 0 Å². The molecule has 1 rings (SSSR count). The summed E-state index contributed by atoms with van der Waals surface area (Å²) in [4.78, 5) is 25.1. The first-order valence-electron chi connectivity index (χ1n) is 7.26. The van der Waals surface area contributed by atoms with E-state index in [1.165, 1.54) is 19.3 Å². The Kier molecular flexibility index (Phi) is 7.99. The lowest BCUT2D eigenvalue weighted by molar-refractivity contribution is -0.142. The minimum atomic E-state index is -0.951. The van der Waals surface area contributed by atoms with Crippen LogP contribution in [0.15, 0.2) is 0 Å². The normalized spacial score (nSPS) is 17.9. The zero-order chi connectivity index (χ0) is 15.0. The highest BCUT2D eigenvalue weighted by Gasteiger charge is 2.23. The Morgan fingerprint density at radius 3 is 2.55 bits per heavy atom. The lowest BCUT2D eigenvalue weighted by Crippen LogP contribution is -2.47. The van der Waals surface area contributed by atoms with E-state index < -0.39 is 12.0 Å². The van der Waals surface area contributed by atoms with Crippen molar-refractivity contribution in [2.24, 2.45) is 0 Å². The number of thioether (sulfide) groups is 1. The first-order chi connectivity index (χ1) is 9.54. The summed E-state index contributed by atoms with van der Waals surface area (Å²) in [6.45, 7) is 0.285. The predicted molar refractivity (Wildman–Crippen MR) is 82.1 cm³/mol. The van der Waals surface area contributed by atoms with Crippen LogP contribution < -0.4 is 5.32 Å². The molecule has 0 bridgehead atoms. The molecule has 0 heterocycles. The van der Waals surface area contributed by atoms with Crippen molar-refractivity contribution in [3.8, 4) is 0 Å². The number of nitrogens with one attached hydrogen (secondary N) is 1. The third-order valence-electron chi connectivity index (χ3n) is 3.84. The molecule has 0 aromatic carbocycles. The molecule has 0 aromatic rings. The van der Waals surface area contributed by atoms with Crippen molar-refractivity contribution in [2.45, 2.75) is 50.6 Å². The minimum absolute atomic E-state index is 0.188. The Hall–Kier alpha value is -0.750. The number of likely N-dealkylation sites (N-methyl/N-ethyl adjacent to an activating group) is 1. The van der Waals surface area contributed by atoms with Gasteiger partial charge in [0.05, 0.1) is 6.54 Å². The van der Waals surface area contributed by atoms with Gasteiger partial charge in [0, 0.05) is 6.04 Å². The Bertz CT molecular complexity index is 320. The smallest absolute Gasteiger partial charge is 0.326 e. The van der Waals surface area contributed by atoms with Crippen LogP contribution in [0.4, 0.5) is 0 Å². The van der Waals surface area contributed by atoms with Crippen molar-refractivity contribution in [2.75, 3.05) is 25.6 Å². The molecule has 0 spiro atoms. The highest BCUT2D eigenvalue weighted by molar-refractivity contribution is 7.98. The van der Waals surface area contributed by atoms with Crippen LogP contribution in [0.2, 0.25) is 0 Å². The molecule has 1 unspecified atom stereocenters. The summed E-state index contributed by atoms with van der Waals surface area (Å²) in [7, 11) is 1.95. The lowest BCUT2D eigenvalue weighted by Gasteiger charge is -2.30. The number of carboxylic acids is 1. The number of amides is 1. The van der Waals surface area contributed by atoms with E-state index in [0.29, 0.717) is 12.5 Å². The van der Waals surface area contributed by atoms with Crippen LogP contribution in [-0.4, -0.2) is 59.6 Å². The molecule has 1 atom stereocenters. The molecule has 2 N–H and O–H groups in total. The van der Waals surface area contributed by atoms with Crippen LogP contribution in [-0.2, 0) is 9.59 Å². The Morgan fingerprint density at radius 1 is 1.35 bits per heavy atom. The number of hydrogen-bond donors (Lipinski definition) is 2. The van der Waals surface area contributed by atoms with E-state index in [4.69, 9.17) is 5.11 Å². The molecular formula is C14H26N2O3S. The molecule has 0 aromatic heterocycles. The first kappa shape index (κ1) is 17.3. The number of rotatable bonds is 8. The largest absolute Gasteiger partial charge is 0.480 e. The second-order valence-corrected chi connectivity index (χ2v) is 6.43. The maximum absolute atomic E-state index is 12.0. The molecule has 1 aliphatic carbocycles. The van der Waals surface area contributed by atoms with Crippen LogP contribution in [0.1, 0.15) is 38.5 Å². The summed E-state index contributed by atoms with van der Waals surface area (Å²) >= 11 is 1.59.